The molecule has 33 heavy (non-hydrogen) atoms. The van der Waals surface area contributed by atoms with Crippen molar-refractivity contribution in [2.75, 3.05) is 13.7 Å². The summed E-state index contributed by atoms with van der Waals surface area (Å²) in [6, 6.07) is 16.1. The van der Waals surface area contributed by atoms with E-state index in [1.807, 2.05) is 43.6 Å². The van der Waals surface area contributed by atoms with E-state index in [2.05, 4.69) is 32.7 Å². The van der Waals surface area contributed by atoms with E-state index in [9.17, 15) is 4.79 Å². The molecule has 0 bridgehead atoms. The molecule has 3 aromatic heterocycles. The van der Waals surface area contributed by atoms with Crippen LogP contribution in [0, 0.1) is 0 Å². The highest BCUT2D eigenvalue weighted by Crippen LogP contribution is 2.43. The maximum atomic E-state index is 12.8. The minimum atomic E-state index is -0.293. The average molecular weight is 476 g/mol. The van der Waals surface area contributed by atoms with Crippen LogP contribution in [-0.2, 0) is 11.3 Å². The van der Waals surface area contributed by atoms with Crippen LogP contribution < -0.4 is 4.74 Å². The van der Waals surface area contributed by atoms with Gasteiger partial charge in [-0.3, -0.25) is 4.98 Å². The van der Waals surface area contributed by atoms with Gasteiger partial charge in [0.25, 0.3) is 0 Å². The Hall–Kier alpha value is -3.36. The van der Waals surface area contributed by atoms with Crippen molar-refractivity contribution in [3.8, 4) is 5.75 Å². The summed E-state index contributed by atoms with van der Waals surface area (Å²) >= 11 is 3.02. The van der Waals surface area contributed by atoms with Crippen LogP contribution in [0.25, 0.3) is 21.1 Å². The van der Waals surface area contributed by atoms with Crippen LogP contribution in [0.2, 0.25) is 0 Å². The van der Waals surface area contributed by atoms with Crippen molar-refractivity contribution in [3.05, 3.63) is 77.7 Å². The van der Waals surface area contributed by atoms with Crippen LogP contribution in [0.5, 0.6) is 5.75 Å². The number of carbonyl (C=O) groups excluding carboxylic acids is 1. The molecule has 3 heterocycles. The Morgan fingerprint density at radius 1 is 1.18 bits per heavy atom. The molecule has 0 aliphatic rings. The van der Waals surface area contributed by atoms with Crippen LogP contribution in [0.1, 0.15) is 22.2 Å². The van der Waals surface area contributed by atoms with Crippen molar-refractivity contribution in [2.24, 2.45) is 0 Å². The van der Waals surface area contributed by atoms with Gasteiger partial charge in [0.15, 0.2) is 0 Å². The molecule has 0 aliphatic heterocycles. The van der Waals surface area contributed by atoms with Gasteiger partial charge in [0.2, 0.25) is 0 Å². The summed E-state index contributed by atoms with van der Waals surface area (Å²) in [6.45, 7) is 2.84. The molecule has 0 saturated carbocycles. The molecule has 2 aromatic carbocycles. The Labute approximate surface area is 199 Å². The second-order valence-corrected chi connectivity index (χ2v) is 9.47. The van der Waals surface area contributed by atoms with Crippen molar-refractivity contribution >= 4 is 50.2 Å². The Morgan fingerprint density at radius 2 is 2.09 bits per heavy atom. The molecule has 0 fully saturated rings. The molecule has 0 radical (unpaired) electrons. The van der Waals surface area contributed by atoms with Crippen LogP contribution in [-0.4, -0.2) is 34.2 Å². The second kappa shape index (κ2) is 9.25. The largest absolute Gasteiger partial charge is 0.497 e. The molecule has 0 saturated heterocycles. The molecule has 0 aliphatic carbocycles. The number of nitrogens with zero attached hydrogens (tertiary/aromatic N) is 3. The van der Waals surface area contributed by atoms with Crippen molar-refractivity contribution < 1.29 is 14.3 Å². The van der Waals surface area contributed by atoms with Gasteiger partial charge in [0.05, 0.1) is 31.8 Å². The normalized spacial score (nSPS) is 11.2. The Morgan fingerprint density at radius 3 is 2.94 bits per heavy atom. The molecule has 0 spiro atoms. The lowest BCUT2D eigenvalue weighted by molar-refractivity contribution is 0.0528. The number of hydrogen-bond donors (Lipinski definition) is 0. The van der Waals surface area contributed by atoms with E-state index in [1.54, 1.807) is 31.3 Å². The van der Waals surface area contributed by atoms with Crippen molar-refractivity contribution in [2.45, 2.75) is 23.3 Å². The summed E-state index contributed by atoms with van der Waals surface area (Å²) < 4.78 is 13.9. The topological polar surface area (TPSA) is 66.2 Å². The Bertz CT molecular complexity index is 1460. The van der Waals surface area contributed by atoms with Crippen LogP contribution in [0.4, 0.5) is 0 Å². The first-order chi connectivity index (χ1) is 16.2. The maximum Gasteiger partial charge on any atom is 0.349 e. The Kier molecular flexibility index (Phi) is 6.02. The fourth-order valence-corrected chi connectivity index (χ4v) is 6.06. The quantitative estimate of drug-likeness (QED) is 0.268. The first kappa shape index (κ1) is 21.5. The summed E-state index contributed by atoms with van der Waals surface area (Å²) in [4.78, 5) is 23.9. The standard InChI is InChI=1S/C25H21N3O3S2/c1-3-31-25(29)24-23(32-18-6-4-5-17(12-18)30-2)19-8-7-16(11-22(19)33-24)14-28-15-27-20-13-26-10-9-21(20)28/h4-13,15H,3,14H2,1-2H3. The fourth-order valence-electron chi connectivity index (χ4n) is 3.67. The zero-order valence-electron chi connectivity index (χ0n) is 18.1. The van der Waals surface area contributed by atoms with Gasteiger partial charge in [0.1, 0.15) is 16.1 Å². The maximum absolute atomic E-state index is 12.8. The number of ether oxygens (including phenoxy) is 2. The first-order valence-electron chi connectivity index (χ1n) is 10.5. The van der Waals surface area contributed by atoms with Gasteiger partial charge >= 0.3 is 5.97 Å². The summed E-state index contributed by atoms with van der Waals surface area (Å²) in [7, 11) is 1.65. The van der Waals surface area contributed by atoms with Gasteiger partial charge in [-0.1, -0.05) is 30.0 Å². The van der Waals surface area contributed by atoms with E-state index in [-0.39, 0.29) is 5.97 Å². The highest BCUT2D eigenvalue weighted by Gasteiger charge is 2.21. The monoisotopic (exact) mass is 475 g/mol. The number of thiophene rings is 1. The lowest BCUT2D eigenvalue weighted by Gasteiger charge is -2.07. The van der Waals surface area contributed by atoms with Gasteiger partial charge in [-0.05, 0) is 42.8 Å². The predicted octanol–water partition coefficient (Wildman–Crippen LogP) is 6.03. The highest BCUT2D eigenvalue weighted by atomic mass is 32.2. The SMILES string of the molecule is CCOC(=O)c1sc2cc(Cn3cnc4cnccc43)ccc2c1Sc1cccc(OC)c1. The number of carbonyl (C=O) groups is 1. The zero-order valence-corrected chi connectivity index (χ0v) is 19.8. The van der Waals surface area contributed by atoms with Gasteiger partial charge in [-0.2, -0.15) is 0 Å². The lowest BCUT2D eigenvalue weighted by Crippen LogP contribution is -2.03. The van der Waals surface area contributed by atoms with Gasteiger partial charge in [0, 0.05) is 32.6 Å². The molecule has 5 rings (SSSR count). The summed E-state index contributed by atoms with van der Waals surface area (Å²) in [5.41, 5.74) is 3.04. The van der Waals surface area contributed by atoms with E-state index in [0.29, 0.717) is 18.0 Å². The smallest absolute Gasteiger partial charge is 0.349 e. The summed E-state index contributed by atoms with van der Waals surface area (Å²) in [5.74, 6) is 0.487. The molecule has 0 atom stereocenters. The summed E-state index contributed by atoms with van der Waals surface area (Å²) in [5, 5.41) is 1.04. The number of esters is 1. The van der Waals surface area contributed by atoms with Gasteiger partial charge in [-0.15, -0.1) is 11.3 Å². The average Bonchev–Trinajstić information content (AvgIpc) is 3.41. The number of hydrogen-bond acceptors (Lipinski definition) is 7. The van der Waals surface area contributed by atoms with Crippen LogP contribution >= 0.6 is 23.1 Å². The second-order valence-electron chi connectivity index (χ2n) is 7.33. The number of benzene rings is 2. The van der Waals surface area contributed by atoms with Crippen molar-refractivity contribution in [3.63, 3.8) is 0 Å². The van der Waals surface area contributed by atoms with E-state index in [4.69, 9.17) is 9.47 Å². The zero-order chi connectivity index (χ0) is 22.8. The molecule has 8 heteroatoms. The van der Waals surface area contributed by atoms with E-state index in [1.165, 1.54) is 11.3 Å². The Balaban J connectivity index is 1.54. The van der Waals surface area contributed by atoms with Gasteiger partial charge in [-0.25, -0.2) is 9.78 Å². The van der Waals surface area contributed by atoms with Crippen molar-refractivity contribution in [1.82, 2.24) is 14.5 Å². The first-order valence-corrected chi connectivity index (χ1v) is 12.1. The van der Waals surface area contributed by atoms with E-state index < -0.39 is 0 Å². The molecular formula is C25H21N3O3S2. The summed E-state index contributed by atoms with van der Waals surface area (Å²) in [6.07, 6.45) is 5.37. The van der Waals surface area contributed by atoms with E-state index >= 15 is 0 Å². The number of rotatable bonds is 7. The van der Waals surface area contributed by atoms with Crippen LogP contribution in [0.3, 0.4) is 0 Å². The minimum Gasteiger partial charge on any atom is -0.497 e. The molecule has 0 N–H and O–H groups in total. The van der Waals surface area contributed by atoms with Crippen molar-refractivity contribution in [1.29, 1.82) is 0 Å². The molecule has 166 valence electrons. The third kappa shape index (κ3) is 4.31. The molecule has 5 aromatic rings. The van der Waals surface area contributed by atoms with E-state index in [0.717, 1.165) is 42.2 Å². The molecular weight excluding hydrogens is 454 g/mol. The molecule has 0 amide bonds. The number of aromatic nitrogens is 3. The number of imidazole rings is 1. The third-order valence-electron chi connectivity index (χ3n) is 5.21. The lowest BCUT2D eigenvalue weighted by atomic mass is 10.1. The number of fused-ring (bicyclic) bond motifs is 2. The minimum absolute atomic E-state index is 0.293. The van der Waals surface area contributed by atoms with Gasteiger partial charge < -0.3 is 14.0 Å². The number of methoxy groups -OCH3 is 1. The highest BCUT2D eigenvalue weighted by molar-refractivity contribution is 7.99. The number of pyridine rings is 1. The van der Waals surface area contributed by atoms with Crippen LogP contribution in [0.15, 0.2) is 77.0 Å². The molecule has 0 unspecified atom stereocenters. The fraction of sp³-hybridized carbons (Fsp3) is 0.160. The molecule has 6 nitrogen and oxygen atoms in total. The predicted molar refractivity (Wildman–Crippen MR) is 132 cm³/mol. The third-order valence-corrected chi connectivity index (χ3v) is 7.59.